The van der Waals surface area contributed by atoms with E-state index in [1.807, 2.05) is 6.92 Å². The second kappa shape index (κ2) is 4.66. The third kappa shape index (κ3) is 2.05. The number of pyridine rings is 1. The molecule has 0 aromatic carbocycles. The fourth-order valence-electron chi connectivity index (χ4n) is 2.55. The van der Waals surface area contributed by atoms with Crippen LogP contribution in [-0.2, 0) is 5.60 Å². The number of piperidine rings is 1. The molecule has 19 heavy (non-hydrogen) atoms. The van der Waals surface area contributed by atoms with Crippen molar-refractivity contribution in [2.75, 3.05) is 6.54 Å². The fraction of sp³-hybridized carbons (Fsp3) is 0.462. The van der Waals surface area contributed by atoms with Gasteiger partial charge in [0.05, 0.1) is 11.2 Å². The highest BCUT2D eigenvalue weighted by atomic mass is 35.5. The Morgan fingerprint density at radius 3 is 3.16 bits per heavy atom. The van der Waals surface area contributed by atoms with E-state index < -0.39 is 11.4 Å². The molecule has 2 unspecified atom stereocenters. The second-order valence-electron chi connectivity index (χ2n) is 4.95. The largest absolute Gasteiger partial charge is 0.383 e. The van der Waals surface area contributed by atoms with Crippen LogP contribution in [0.4, 0.5) is 4.39 Å². The number of aromatic nitrogens is 1. The van der Waals surface area contributed by atoms with Crippen molar-refractivity contribution in [2.45, 2.75) is 31.4 Å². The van der Waals surface area contributed by atoms with Crippen LogP contribution >= 0.6 is 22.9 Å². The van der Waals surface area contributed by atoms with Gasteiger partial charge >= 0.3 is 0 Å². The number of nitrogens with zero attached hydrogens (tertiary/aromatic N) is 1. The van der Waals surface area contributed by atoms with Gasteiger partial charge < -0.3 is 10.4 Å². The number of rotatable bonds is 1. The van der Waals surface area contributed by atoms with Crippen molar-refractivity contribution >= 4 is 33.2 Å². The van der Waals surface area contributed by atoms with E-state index in [9.17, 15) is 9.50 Å². The zero-order chi connectivity index (χ0) is 13.6. The Kier molecular flexibility index (Phi) is 3.25. The van der Waals surface area contributed by atoms with Crippen LogP contribution in [0.15, 0.2) is 12.3 Å². The number of aliphatic hydroxyl groups is 1. The minimum Gasteiger partial charge on any atom is -0.383 e. The van der Waals surface area contributed by atoms with Gasteiger partial charge in [0.15, 0.2) is 5.82 Å². The maximum atomic E-state index is 13.4. The van der Waals surface area contributed by atoms with E-state index in [2.05, 4.69) is 10.3 Å². The van der Waals surface area contributed by atoms with Gasteiger partial charge in [-0.15, -0.1) is 11.3 Å². The Bertz CT molecular complexity index is 632. The summed E-state index contributed by atoms with van der Waals surface area (Å²) in [5.41, 5.74) is -0.927. The topological polar surface area (TPSA) is 45.1 Å². The molecular weight excluding hydrogens is 287 g/mol. The van der Waals surface area contributed by atoms with Crippen molar-refractivity contribution in [1.82, 2.24) is 10.3 Å². The first-order chi connectivity index (χ1) is 9.02. The molecule has 3 nitrogen and oxygen atoms in total. The monoisotopic (exact) mass is 300 g/mol. The molecule has 2 aromatic rings. The predicted molar refractivity (Wildman–Crippen MR) is 75.2 cm³/mol. The van der Waals surface area contributed by atoms with Crippen molar-refractivity contribution in [3.63, 3.8) is 0 Å². The van der Waals surface area contributed by atoms with Crippen LogP contribution in [0.3, 0.4) is 0 Å². The molecule has 3 heterocycles. The Labute approximate surface area is 119 Å². The number of halogens is 2. The molecule has 0 bridgehead atoms. The maximum absolute atomic E-state index is 13.4. The molecule has 6 heteroatoms. The van der Waals surface area contributed by atoms with Crippen molar-refractivity contribution in [3.05, 3.63) is 28.0 Å². The first-order valence-electron chi connectivity index (χ1n) is 6.22. The summed E-state index contributed by atoms with van der Waals surface area (Å²) in [6.45, 7) is 2.86. The standard InChI is InChI=1S/C13H14ClFN2OS/c1-7-13(18,3-2-4-16-7)10-5-8-11(14)9(15)6-17-12(8)19-10/h5-7,16,18H,2-4H2,1H3. The van der Waals surface area contributed by atoms with Crippen LogP contribution in [0, 0.1) is 5.82 Å². The third-order valence-electron chi connectivity index (χ3n) is 3.78. The minimum atomic E-state index is -0.927. The van der Waals surface area contributed by atoms with E-state index >= 15 is 0 Å². The Morgan fingerprint density at radius 2 is 2.42 bits per heavy atom. The van der Waals surface area contributed by atoms with Crippen LogP contribution < -0.4 is 5.32 Å². The number of thiophene rings is 1. The van der Waals surface area contributed by atoms with Crippen molar-refractivity contribution < 1.29 is 9.50 Å². The van der Waals surface area contributed by atoms with E-state index in [-0.39, 0.29) is 11.1 Å². The van der Waals surface area contributed by atoms with Gasteiger partial charge in [-0.05, 0) is 32.4 Å². The molecule has 0 saturated carbocycles. The maximum Gasteiger partial charge on any atom is 0.160 e. The van der Waals surface area contributed by atoms with E-state index in [0.29, 0.717) is 16.6 Å². The highest BCUT2D eigenvalue weighted by molar-refractivity contribution is 7.18. The lowest BCUT2D eigenvalue weighted by atomic mass is 9.85. The summed E-state index contributed by atoms with van der Waals surface area (Å²) in [5.74, 6) is -0.527. The molecule has 1 aliphatic rings. The first kappa shape index (κ1) is 13.2. The highest BCUT2D eigenvalue weighted by Gasteiger charge is 2.39. The smallest absolute Gasteiger partial charge is 0.160 e. The quantitative estimate of drug-likeness (QED) is 0.851. The molecule has 0 spiro atoms. The minimum absolute atomic E-state index is 0.0436. The molecule has 0 amide bonds. The van der Waals surface area contributed by atoms with Crippen LogP contribution in [-0.4, -0.2) is 22.7 Å². The van der Waals surface area contributed by atoms with Gasteiger partial charge in [-0.3, -0.25) is 0 Å². The summed E-state index contributed by atoms with van der Waals surface area (Å²) < 4.78 is 13.4. The van der Waals surface area contributed by atoms with Gasteiger partial charge in [-0.2, -0.15) is 0 Å². The Hall–Kier alpha value is -0.750. The van der Waals surface area contributed by atoms with Gasteiger partial charge in [-0.25, -0.2) is 9.37 Å². The van der Waals surface area contributed by atoms with Crippen molar-refractivity contribution in [3.8, 4) is 0 Å². The van der Waals surface area contributed by atoms with Crippen molar-refractivity contribution in [1.29, 1.82) is 0 Å². The number of hydrogen-bond acceptors (Lipinski definition) is 4. The molecule has 1 saturated heterocycles. The van der Waals surface area contributed by atoms with Crippen LogP contribution in [0.1, 0.15) is 24.6 Å². The summed E-state index contributed by atoms with van der Waals surface area (Å²) in [7, 11) is 0. The average molecular weight is 301 g/mol. The second-order valence-corrected chi connectivity index (χ2v) is 6.36. The molecular formula is C13H14ClFN2OS. The van der Waals surface area contributed by atoms with E-state index in [4.69, 9.17) is 11.6 Å². The van der Waals surface area contributed by atoms with Gasteiger partial charge in [0.25, 0.3) is 0 Å². The number of fused-ring (bicyclic) bond motifs is 1. The van der Waals surface area contributed by atoms with Gasteiger partial charge in [-0.1, -0.05) is 11.6 Å². The zero-order valence-electron chi connectivity index (χ0n) is 10.4. The van der Waals surface area contributed by atoms with Crippen LogP contribution in [0.25, 0.3) is 10.2 Å². The Balaban J connectivity index is 2.13. The van der Waals surface area contributed by atoms with Gasteiger partial charge in [0.2, 0.25) is 0 Å². The Morgan fingerprint density at radius 1 is 1.63 bits per heavy atom. The molecule has 3 rings (SSSR count). The summed E-state index contributed by atoms with van der Waals surface area (Å²) in [5, 5.41) is 14.8. The molecule has 2 aromatic heterocycles. The van der Waals surface area contributed by atoms with E-state index in [1.165, 1.54) is 11.3 Å². The highest BCUT2D eigenvalue weighted by Crippen LogP contribution is 2.41. The molecule has 0 radical (unpaired) electrons. The molecule has 102 valence electrons. The normalized spacial score (nSPS) is 27.9. The SMILES string of the molecule is CC1NCCCC1(O)c1cc2c(Cl)c(F)cnc2s1. The van der Waals surface area contributed by atoms with Gasteiger partial charge in [0, 0.05) is 16.3 Å². The fourth-order valence-corrected chi connectivity index (χ4v) is 4.01. The van der Waals surface area contributed by atoms with Crippen molar-refractivity contribution in [2.24, 2.45) is 0 Å². The molecule has 0 aliphatic carbocycles. The molecule has 2 atom stereocenters. The average Bonchev–Trinajstić information content (AvgIpc) is 2.83. The van der Waals surface area contributed by atoms with Gasteiger partial charge in [0.1, 0.15) is 10.4 Å². The van der Waals surface area contributed by atoms with Crippen LogP contribution in [0.2, 0.25) is 5.02 Å². The van der Waals surface area contributed by atoms with E-state index in [1.54, 1.807) is 6.07 Å². The first-order valence-corrected chi connectivity index (χ1v) is 7.41. The lowest BCUT2D eigenvalue weighted by molar-refractivity contribution is -0.0192. The summed E-state index contributed by atoms with van der Waals surface area (Å²) in [6.07, 6.45) is 2.72. The lowest BCUT2D eigenvalue weighted by Crippen LogP contribution is -2.50. The van der Waals surface area contributed by atoms with E-state index in [0.717, 1.165) is 24.0 Å². The molecule has 2 N–H and O–H groups in total. The molecule has 1 fully saturated rings. The zero-order valence-corrected chi connectivity index (χ0v) is 12.0. The lowest BCUT2D eigenvalue weighted by Gasteiger charge is -2.38. The van der Waals surface area contributed by atoms with Crippen LogP contribution in [0.5, 0.6) is 0 Å². The third-order valence-corrected chi connectivity index (χ3v) is 5.38. The molecule has 1 aliphatic heterocycles. The predicted octanol–water partition coefficient (Wildman–Crippen LogP) is 3.05. The summed E-state index contributed by atoms with van der Waals surface area (Å²) >= 11 is 7.33. The number of nitrogens with one attached hydrogen (secondary N) is 1. The number of hydrogen-bond donors (Lipinski definition) is 2. The summed E-state index contributed by atoms with van der Waals surface area (Å²) in [4.78, 5) is 5.49. The summed E-state index contributed by atoms with van der Waals surface area (Å²) in [6, 6.07) is 1.72.